The molecule has 0 spiro atoms. The molecule has 0 saturated carbocycles. The maximum absolute atomic E-state index is 13.1. The van der Waals surface area contributed by atoms with Crippen molar-refractivity contribution >= 4 is 56.6 Å². The van der Waals surface area contributed by atoms with Crippen LogP contribution in [0, 0.1) is 0 Å². The van der Waals surface area contributed by atoms with E-state index in [1.807, 2.05) is 19.0 Å². The Balaban J connectivity index is 0.00000320. The van der Waals surface area contributed by atoms with Crippen molar-refractivity contribution in [2.45, 2.75) is 12.6 Å². The van der Waals surface area contributed by atoms with Gasteiger partial charge in [0.15, 0.2) is 5.13 Å². The molecule has 0 radical (unpaired) electrons. The number of hydrogen-bond donors (Lipinski definition) is 0. The molecule has 0 saturated heterocycles. The van der Waals surface area contributed by atoms with E-state index in [-0.39, 0.29) is 18.0 Å². The van der Waals surface area contributed by atoms with Crippen LogP contribution in [0.4, 0.5) is 18.3 Å². The number of rotatable bonds is 6. The van der Waals surface area contributed by atoms with Gasteiger partial charge in [0.05, 0.1) is 15.8 Å². The molecule has 3 rings (SSSR count). The van der Waals surface area contributed by atoms with Crippen LogP contribution in [-0.2, 0) is 6.18 Å². The molecule has 0 N–H and O–H groups in total. The van der Waals surface area contributed by atoms with Crippen molar-refractivity contribution in [2.24, 2.45) is 0 Å². The van der Waals surface area contributed by atoms with Crippen molar-refractivity contribution in [1.29, 1.82) is 0 Å². The van der Waals surface area contributed by atoms with Gasteiger partial charge < -0.3 is 4.90 Å². The van der Waals surface area contributed by atoms with Gasteiger partial charge in [0.1, 0.15) is 0 Å². The predicted molar refractivity (Wildman–Crippen MR) is 118 cm³/mol. The molecule has 0 aliphatic carbocycles. The fourth-order valence-electron chi connectivity index (χ4n) is 2.82. The van der Waals surface area contributed by atoms with Gasteiger partial charge in [0.2, 0.25) is 0 Å². The molecule has 0 atom stereocenters. The summed E-state index contributed by atoms with van der Waals surface area (Å²) in [5, 5.41) is 0.986. The molecular formula is C20H20Cl2F3N3OS. The number of aromatic nitrogens is 1. The lowest BCUT2D eigenvalue weighted by molar-refractivity contribution is -0.137. The van der Waals surface area contributed by atoms with Crippen LogP contribution in [-0.4, -0.2) is 43.0 Å². The average molecular weight is 478 g/mol. The minimum Gasteiger partial charge on any atom is -0.309 e. The highest BCUT2D eigenvalue weighted by Gasteiger charge is 2.31. The Labute approximate surface area is 187 Å². The fraction of sp³-hybridized carbons (Fsp3) is 0.300. The summed E-state index contributed by atoms with van der Waals surface area (Å²) in [6, 6.07) is 9.68. The molecule has 4 nitrogen and oxygen atoms in total. The summed E-state index contributed by atoms with van der Waals surface area (Å²) in [5.41, 5.74) is -0.196. The highest BCUT2D eigenvalue weighted by atomic mass is 35.5. The first-order chi connectivity index (χ1) is 13.6. The quantitative estimate of drug-likeness (QED) is 0.437. The Morgan fingerprint density at radius 2 is 1.87 bits per heavy atom. The van der Waals surface area contributed by atoms with E-state index < -0.39 is 17.6 Å². The first-order valence-corrected chi connectivity index (χ1v) is 10.0. The summed E-state index contributed by atoms with van der Waals surface area (Å²) >= 11 is 7.32. The normalized spacial score (nSPS) is 11.6. The van der Waals surface area contributed by atoms with Crippen LogP contribution in [0.1, 0.15) is 22.3 Å². The third kappa shape index (κ3) is 5.85. The van der Waals surface area contributed by atoms with Crippen LogP contribution in [0.3, 0.4) is 0 Å². The lowest BCUT2D eigenvalue weighted by Crippen LogP contribution is -2.33. The third-order valence-corrected chi connectivity index (χ3v) is 5.52. The van der Waals surface area contributed by atoms with E-state index in [2.05, 4.69) is 4.98 Å². The molecule has 0 fully saturated rings. The maximum atomic E-state index is 13.1. The molecule has 1 heterocycles. The van der Waals surface area contributed by atoms with Gasteiger partial charge in [-0.05, 0) is 63.5 Å². The highest BCUT2D eigenvalue weighted by Crippen LogP contribution is 2.33. The van der Waals surface area contributed by atoms with Crippen molar-refractivity contribution in [3.8, 4) is 0 Å². The van der Waals surface area contributed by atoms with Crippen molar-refractivity contribution in [1.82, 2.24) is 9.88 Å². The number of carbonyl (C=O) groups is 1. The van der Waals surface area contributed by atoms with E-state index in [9.17, 15) is 18.0 Å². The Morgan fingerprint density at radius 1 is 1.13 bits per heavy atom. The zero-order valence-corrected chi connectivity index (χ0v) is 18.6. The fourth-order valence-corrected chi connectivity index (χ4v) is 4.08. The molecule has 2 aromatic carbocycles. The molecule has 30 heavy (non-hydrogen) atoms. The Kier molecular flexibility index (Phi) is 8.10. The number of amides is 1. The Bertz CT molecular complexity index is 1020. The van der Waals surface area contributed by atoms with Crippen LogP contribution in [0.2, 0.25) is 5.02 Å². The number of anilines is 1. The molecular weight excluding hydrogens is 458 g/mol. The minimum absolute atomic E-state index is 0. The van der Waals surface area contributed by atoms with Gasteiger partial charge >= 0.3 is 6.18 Å². The number of nitrogens with zero attached hydrogens (tertiary/aromatic N) is 3. The number of halogens is 5. The first-order valence-electron chi connectivity index (χ1n) is 8.85. The average Bonchev–Trinajstić information content (AvgIpc) is 3.06. The van der Waals surface area contributed by atoms with Gasteiger partial charge in [-0.2, -0.15) is 13.2 Å². The lowest BCUT2D eigenvalue weighted by Gasteiger charge is -2.21. The van der Waals surface area contributed by atoms with Crippen molar-refractivity contribution in [3.63, 3.8) is 0 Å². The van der Waals surface area contributed by atoms with E-state index in [1.54, 1.807) is 18.2 Å². The highest BCUT2D eigenvalue weighted by molar-refractivity contribution is 7.22. The zero-order chi connectivity index (χ0) is 21.2. The SMILES string of the molecule is CN(C)CCCN(C(=O)c1cccc(C(F)(F)F)c1)c1nc2ccc(Cl)cc2s1.Cl. The third-order valence-electron chi connectivity index (χ3n) is 4.24. The second-order valence-electron chi connectivity index (χ2n) is 6.80. The van der Waals surface area contributed by atoms with Gasteiger partial charge in [-0.25, -0.2) is 4.98 Å². The standard InChI is InChI=1S/C20H19ClF3N3OS.ClH/c1-26(2)9-4-10-27(19-25-16-8-7-15(21)12-17(16)29-19)18(28)13-5-3-6-14(11-13)20(22,23)24;/h3,5-8,11-12H,4,9-10H2,1-2H3;1H. The van der Waals surface area contributed by atoms with Gasteiger partial charge in [-0.3, -0.25) is 9.69 Å². The summed E-state index contributed by atoms with van der Waals surface area (Å²) in [7, 11) is 3.83. The van der Waals surface area contributed by atoms with Crippen LogP contribution in [0.15, 0.2) is 42.5 Å². The summed E-state index contributed by atoms with van der Waals surface area (Å²) in [6.45, 7) is 1.06. The van der Waals surface area contributed by atoms with Crippen molar-refractivity contribution < 1.29 is 18.0 Å². The molecule has 0 aliphatic rings. The number of hydrogen-bond acceptors (Lipinski definition) is 4. The lowest BCUT2D eigenvalue weighted by atomic mass is 10.1. The number of benzene rings is 2. The van der Waals surface area contributed by atoms with E-state index in [4.69, 9.17) is 11.6 Å². The van der Waals surface area contributed by atoms with Gasteiger partial charge in [-0.1, -0.05) is 29.0 Å². The van der Waals surface area contributed by atoms with E-state index in [0.717, 1.165) is 23.4 Å². The second kappa shape index (κ2) is 9.96. The number of fused-ring (bicyclic) bond motifs is 1. The van der Waals surface area contributed by atoms with E-state index >= 15 is 0 Å². The van der Waals surface area contributed by atoms with Gasteiger partial charge in [-0.15, -0.1) is 12.4 Å². The van der Waals surface area contributed by atoms with Crippen LogP contribution in [0.5, 0.6) is 0 Å². The zero-order valence-electron chi connectivity index (χ0n) is 16.2. The van der Waals surface area contributed by atoms with Crippen molar-refractivity contribution in [2.75, 3.05) is 32.1 Å². The van der Waals surface area contributed by atoms with Gasteiger partial charge in [0, 0.05) is 17.1 Å². The maximum Gasteiger partial charge on any atom is 0.416 e. The molecule has 3 aromatic rings. The second-order valence-corrected chi connectivity index (χ2v) is 8.25. The Morgan fingerprint density at radius 3 is 2.53 bits per heavy atom. The van der Waals surface area contributed by atoms with E-state index in [0.29, 0.717) is 28.6 Å². The van der Waals surface area contributed by atoms with Crippen LogP contribution < -0.4 is 4.90 Å². The van der Waals surface area contributed by atoms with Crippen LogP contribution in [0.25, 0.3) is 10.2 Å². The monoisotopic (exact) mass is 477 g/mol. The largest absolute Gasteiger partial charge is 0.416 e. The predicted octanol–water partition coefficient (Wildman–Crippen LogP) is 5.99. The smallest absolute Gasteiger partial charge is 0.309 e. The molecule has 10 heteroatoms. The van der Waals surface area contributed by atoms with Crippen LogP contribution >= 0.6 is 35.3 Å². The number of carbonyl (C=O) groups excluding carboxylic acids is 1. The van der Waals surface area contributed by atoms with Gasteiger partial charge in [0.25, 0.3) is 5.91 Å². The molecule has 162 valence electrons. The topological polar surface area (TPSA) is 36.4 Å². The van der Waals surface area contributed by atoms with E-state index in [1.165, 1.54) is 28.4 Å². The summed E-state index contributed by atoms with van der Waals surface area (Å²) < 4.78 is 40.0. The molecule has 1 amide bonds. The first kappa shape index (κ1) is 24.4. The van der Waals surface area contributed by atoms with Crippen molar-refractivity contribution in [3.05, 3.63) is 58.6 Å². The summed E-state index contributed by atoms with van der Waals surface area (Å²) in [4.78, 5) is 21.0. The number of alkyl halides is 3. The molecule has 0 bridgehead atoms. The Hall–Kier alpha value is -1.87. The summed E-state index contributed by atoms with van der Waals surface area (Å²) in [5.74, 6) is -0.514. The molecule has 0 unspecified atom stereocenters. The minimum atomic E-state index is -4.52. The molecule has 0 aliphatic heterocycles. The summed E-state index contributed by atoms with van der Waals surface area (Å²) in [6.07, 6.45) is -3.87. The number of thiazole rings is 1. The molecule has 1 aromatic heterocycles.